The highest BCUT2D eigenvalue weighted by molar-refractivity contribution is 7.90. The van der Waals surface area contributed by atoms with Crippen LogP contribution in [0.5, 0.6) is 0 Å². The molecule has 1 aliphatic rings. The van der Waals surface area contributed by atoms with E-state index in [0.717, 1.165) is 11.4 Å². The van der Waals surface area contributed by atoms with Crippen LogP contribution in [0.25, 0.3) is 0 Å². The second-order valence-electron chi connectivity index (χ2n) is 6.01. The van der Waals surface area contributed by atoms with Crippen LogP contribution in [0, 0.1) is 0 Å². The predicted octanol–water partition coefficient (Wildman–Crippen LogP) is 0.684. The van der Waals surface area contributed by atoms with Gasteiger partial charge in [-0.25, -0.2) is 8.42 Å². The summed E-state index contributed by atoms with van der Waals surface area (Å²) >= 11 is 0. The number of ether oxygens (including phenoxy) is 2. The van der Waals surface area contributed by atoms with Crippen molar-refractivity contribution >= 4 is 22.0 Å². The van der Waals surface area contributed by atoms with Gasteiger partial charge in [-0.2, -0.15) is 4.31 Å². The van der Waals surface area contributed by atoms with Crippen molar-refractivity contribution in [3.05, 3.63) is 0 Å². The number of methoxy groups -OCH3 is 1. The molecule has 21 heavy (non-hydrogen) atoms. The molecular formula is C13H23NO6S. The van der Waals surface area contributed by atoms with Crippen LogP contribution < -0.4 is 0 Å². The van der Waals surface area contributed by atoms with Crippen LogP contribution in [0.4, 0.5) is 0 Å². The number of esters is 2. The molecule has 0 saturated carbocycles. The van der Waals surface area contributed by atoms with Crippen LogP contribution in [0.15, 0.2) is 0 Å². The van der Waals surface area contributed by atoms with E-state index in [2.05, 4.69) is 4.74 Å². The van der Waals surface area contributed by atoms with Gasteiger partial charge in [0.1, 0.15) is 11.6 Å². The standard InChI is InChI=1S/C13H23NO6S/c1-9(11(15)19-5)21(17,18)14-8-6-7-10(14)12(16)20-13(2,3)4/h9-10H,6-8H2,1-5H3/t9?,10-/m0/s1. The van der Waals surface area contributed by atoms with Gasteiger partial charge >= 0.3 is 11.9 Å². The molecule has 0 bridgehead atoms. The average Bonchev–Trinajstić information content (AvgIpc) is 2.84. The maximum absolute atomic E-state index is 12.4. The zero-order valence-corrected chi connectivity index (χ0v) is 13.9. The molecule has 1 unspecified atom stereocenters. The summed E-state index contributed by atoms with van der Waals surface area (Å²) in [6.45, 7) is 6.61. The predicted molar refractivity (Wildman–Crippen MR) is 76.0 cm³/mol. The van der Waals surface area contributed by atoms with Crippen molar-refractivity contribution in [3.8, 4) is 0 Å². The van der Waals surface area contributed by atoms with Crippen molar-refractivity contribution in [1.82, 2.24) is 4.31 Å². The summed E-state index contributed by atoms with van der Waals surface area (Å²) in [6, 6.07) is -0.874. The molecule has 0 N–H and O–H groups in total. The van der Waals surface area contributed by atoms with Crippen LogP contribution in [-0.2, 0) is 29.1 Å². The second kappa shape index (κ2) is 6.31. The van der Waals surface area contributed by atoms with Crippen molar-refractivity contribution in [3.63, 3.8) is 0 Å². The molecule has 8 heteroatoms. The van der Waals surface area contributed by atoms with E-state index in [4.69, 9.17) is 4.74 Å². The molecule has 0 aromatic rings. The number of carbonyl (C=O) groups excluding carboxylic acids is 2. The largest absolute Gasteiger partial charge is 0.468 e. The van der Waals surface area contributed by atoms with Gasteiger partial charge in [-0.1, -0.05) is 0 Å². The SMILES string of the molecule is COC(=O)C(C)S(=O)(=O)N1CCC[C@H]1C(=O)OC(C)(C)C. The van der Waals surface area contributed by atoms with Gasteiger partial charge < -0.3 is 9.47 Å². The molecule has 0 aromatic carbocycles. The number of carbonyl (C=O) groups is 2. The Bertz CT molecular complexity index is 507. The Morgan fingerprint density at radius 1 is 1.29 bits per heavy atom. The van der Waals surface area contributed by atoms with E-state index >= 15 is 0 Å². The molecule has 122 valence electrons. The lowest BCUT2D eigenvalue weighted by Crippen LogP contribution is -2.48. The third-order valence-electron chi connectivity index (χ3n) is 3.19. The molecule has 0 aliphatic carbocycles. The van der Waals surface area contributed by atoms with Gasteiger partial charge in [-0.05, 0) is 40.5 Å². The van der Waals surface area contributed by atoms with Crippen molar-refractivity contribution < 1.29 is 27.5 Å². The van der Waals surface area contributed by atoms with E-state index in [1.165, 1.54) is 6.92 Å². The molecule has 0 amide bonds. The Hall–Kier alpha value is -1.15. The van der Waals surface area contributed by atoms with Crippen molar-refractivity contribution in [2.75, 3.05) is 13.7 Å². The minimum atomic E-state index is -3.94. The Morgan fingerprint density at radius 2 is 1.86 bits per heavy atom. The third-order valence-corrected chi connectivity index (χ3v) is 5.37. The van der Waals surface area contributed by atoms with Crippen molar-refractivity contribution in [1.29, 1.82) is 0 Å². The van der Waals surface area contributed by atoms with Gasteiger partial charge in [0.2, 0.25) is 10.0 Å². The first kappa shape index (κ1) is 17.9. The van der Waals surface area contributed by atoms with E-state index < -0.39 is 38.9 Å². The van der Waals surface area contributed by atoms with Gasteiger partial charge in [0.05, 0.1) is 7.11 Å². The highest BCUT2D eigenvalue weighted by Gasteiger charge is 2.45. The fraction of sp³-hybridized carbons (Fsp3) is 0.846. The summed E-state index contributed by atoms with van der Waals surface area (Å²) in [5.41, 5.74) is -0.691. The maximum Gasteiger partial charge on any atom is 0.325 e. The first-order valence-electron chi connectivity index (χ1n) is 6.82. The van der Waals surface area contributed by atoms with Crippen molar-refractivity contribution in [2.24, 2.45) is 0 Å². The topological polar surface area (TPSA) is 90.0 Å². The number of hydrogen-bond acceptors (Lipinski definition) is 6. The molecule has 1 rings (SSSR count). The molecule has 1 heterocycles. The van der Waals surface area contributed by atoms with Crippen LogP contribution in [0.2, 0.25) is 0 Å². The Kier molecular flexibility index (Phi) is 5.38. The number of sulfonamides is 1. The summed E-state index contributed by atoms with van der Waals surface area (Å²) < 4.78 is 35.6. The van der Waals surface area contributed by atoms with Gasteiger partial charge in [0, 0.05) is 6.54 Å². The van der Waals surface area contributed by atoms with Crippen LogP contribution in [-0.4, -0.2) is 55.2 Å². The molecule has 1 saturated heterocycles. The highest BCUT2D eigenvalue weighted by Crippen LogP contribution is 2.26. The van der Waals surface area contributed by atoms with Crippen LogP contribution >= 0.6 is 0 Å². The average molecular weight is 321 g/mol. The minimum Gasteiger partial charge on any atom is -0.468 e. The van der Waals surface area contributed by atoms with Gasteiger partial charge in [0.25, 0.3) is 0 Å². The number of rotatable bonds is 4. The lowest BCUT2D eigenvalue weighted by molar-refractivity contribution is -0.158. The fourth-order valence-corrected chi connectivity index (χ4v) is 3.82. The van der Waals surface area contributed by atoms with E-state index in [1.807, 2.05) is 0 Å². The number of hydrogen-bond donors (Lipinski definition) is 0. The molecule has 1 aliphatic heterocycles. The molecular weight excluding hydrogens is 298 g/mol. The molecule has 1 fully saturated rings. The van der Waals surface area contributed by atoms with E-state index in [9.17, 15) is 18.0 Å². The minimum absolute atomic E-state index is 0.202. The van der Waals surface area contributed by atoms with Gasteiger partial charge in [0.15, 0.2) is 5.25 Å². The van der Waals surface area contributed by atoms with Gasteiger partial charge in [-0.3, -0.25) is 9.59 Å². The molecule has 0 aromatic heterocycles. The first-order chi connectivity index (χ1) is 9.50. The van der Waals surface area contributed by atoms with Crippen LogP contribution in [0.1, 0.15) is 40.5 Å². The Morgan fingerprint density at radius 3 is 2.33 bits per heavy atom. The molecule has 2 atom stereocenters. The summed E-state index contributed by atoms with van der Waals surface area (Å²) in [7, 11) is -2.81. The summed E-state index contributed by atoms with van der Waals surface area (Å²) in [4.78, 5) is 23.6. The molecule has 0 spiro atoms. The van der Waals surface area contributed by atoms with Gasteiger partial charge in [-0.15, -0.1) is 0 Å². The lowest BCUT2D eigenvalue weighted by atomic mass is 10.2. The quantitative estimate of drug-likeness (QED) is 0.708. The molecule has 7 nitrogen and oxygen atoms in total. The summed E-state index contributed by atoms with van der Waals surface area (Å²) in [5, 5.41) is -1.34. The smallest absolute Gasteiger partial charge is 0.325 e. The molecule has 0 radical (unpaired) electrons. The third kappa shape index (κ3) is 4.16. The zero-order chi connectivity index (χ0) is 16.4. The van der Waals surface area contributed by atoms with E-state index in [1.54, 1.807) is 20.8 Å². The summed E-state index contributed by atoms with van der Waals surface area (Å²) in [5.74, 6) is -1.43. The van der Waals surface area contributed by atoms with E-state index in [0.29, 0.717) is 12.8 Å². The zero-order valence-electron chi connectivity index (χ0n) is 13.1. The maximum atomic E-state index is 12.4. The summed E-state index contributed by atoms with van der Waals surface area (Å²) in [6.07, 6.45) is 0.944. The fourth-order valence-electron chi connectivity index (χ4n) is 2.14. The van der Waals surface area contributed by atoms with E-state index in [-0.39, 0.29) is 6.54 Å². The first-order valence-corrected chi connectivity index (χ1v) is 8.32. The lowest BCUT2D eigenvalue weighted by Gasteiger charge is -2.28. The van der Waals surface area contributed by atoms with Crippen LogP contribution in [0.3, 0.4) is 0 Å². The monoisotopic (exact) mass is 321 g/mol. The number of nitrogens with zero attached hydrogens (tertiary/aromatic N) is 1. The Balaban J connectivity index is 2.96. The van der Waals surface area contributed by atoms with Crippen molar-refractivity contribution in [2.45, 2.75) is 57.4 Å². The highest BCUT2D eigenvalue weighted by atomic mass is 32.2. The second-order valence-corrected chi connectivity index (χ2v) is 8.22. The normalized spacial score (nSPS) is 21.9. The Labute approximate surface area is 125 Å².